The number of anilines is 2. The molecule has 2 rings (SSSR count). The largest absolute Gasteiger partial charge is 0.398 e. The second-order valence-corrected chi connectivity index (χ2v) is 5.63. The van der Waals surface area contributed by atoms with Crippen LogP contribution in [0.2, 0.25) is 0 Å². The standard InChI is InChI=1S/C16H19BrN2/c1-3-12-4-8-15(9-5-12)19(2)11-13-6-7-14(17)10-16(13)18/h4-10H,3,11,18H2,1-2H3. The summed E-state index contributed by atoms with van der Waals surface area (Å²) in [5, 5.41) is 0. The molecule has 0 aliphatic rings. The Labute approximate surface area is 123 Å². The van der Waals surface area contributed by atoms with Gasteiger partial charge in [0.2, 0.25) is 0 Å². The van der Waals surface area contributed by atoms with Gasteiger partial charge in [-0.1, -0.05) is 41.1 Å². The van der Waals surface area contributed by atoms with Gasteiger partial charge in [0.05, 0.1) is 0 Å². The van der Waals surface area contributed by atoms with Crippen molar-refractivity contribution in [2.24, 2.45) is 0 Å². The molecule has 0 aliphatic carbocycles. The minimum absolute atomic E-state index is 0.810. The Morgan fingerprint density at radius 2 is 1.79 bits per heavy atom. The molecular weight excluding hydrogens is 300 g/mol. The van der Waals surface area contributed by atoms with Crippen LogP contribution in [0.3, 0.4) is 0 Å². The number of hydrogen-bond acceptors (Lipinski definition) is 2. The lowest BCUT2D eigenvalue weighted by atomic mass is 10.1. The number of nitrogen functional groups attached to an aromatic ring is 1. The van der Waals surface area contributed by atoms with Crippen LogP contribution in [0, 0.1) is 0 Å². The molecule has 19 heavy (non-hydrogen) atoms. The van der Waals surface area contributed by atoms with E-state index in [0.29, 0.717) is 0 Å². The molecule has 0 saturated heterocycles. The summed E-state index contributed by atoms with van der Waals surface area (Å²) in [4.78, 5) is 2.21. The molecular formula is C16H19BrN2. The lowest BCUT2D eigenvalue weighted by molar-refractivity contribution is 0.924. The highest BCUT2D eigenvalue weighted by Crippen LogP contribution is 2.22. The Balaban J connectivity index is 2.13. The summed E-state index contributed by atoms with van der Waals surface area (Å²) in [6.45, 7) is 2.98. The van der Waals surface area contributed by atoms with Gasteiger partial charge in [0.15, 0.2) is 0 Å². The van der Waals surface area contributed by atoms with Crippen molar-refractivity contribution < 1.29 is 0 Å². The van der Waals surface area contributed by atoms with E-state index in [-0.39, 0.29) is 0 Å². The van der Waals surface area contributed by atoms with E-state index in [2.05, 4.69) is 65.1 Å². The average Bonchev–Trinajstić information content (AvgIpc) is 2.42. The smallest absolute Gasteiger partial charge is 0.0446 e. The van der Waals surface area contributed by atoms with Crippen LogP contribution in [0.1, 0.15) is 18.1 Å². The van der Waals surface area contributed by atoms with Crippen molar-refractivity contribution in [3.05, 3.63) is 58.1 Å². The number of hydrogen-bond donors (Lipinski definition) is 1. The number of benzene rings is 2. The minimum Gasteiger partial charge on any atom is -0.398 e. The van der Waals surface area contributed by atoms with E-state index >= 15 is 0 Å². The van der Waals surface area contributed by atoms with Crippen LogP contribution in [-0.2, 0) is 13.0 Å². The normalized spacial score (nSPS) is 10.5. The molecule has 0 atom stereocenters. The van der Waals surface area contributed by atoms with E-state index in [1.54, 1.807) is 0 Å². The molecule has 2 aromatic rings. The Morgan fingerprint density at radius 1 is 1.11 bits per heavy atom. The van der Waals surface area contributed by atoms with E-state index in [0.717, 1.165) is 28.7 Å². The highest BCUT2D eigenvalue weighted by Gasteiger charge is 2.05. The molecule has 0 spiro atoms. The van der Waals surface area contributed by atoms with Gasteiger partial charge in [-0.2, -0.15) is 0 Å². The third kappa shape index (κ3) is 3.51. The highest BCUT2D eigenvalue weighted by molar-refractivity contribution is 9.10. The Hall–Kier alpha value is -1.48. The summed E-state index contributed by atoms with van der Waals surface area (Å²) >= 11 is 3.43. The van der Waals surface area contributed by atoms with Gasteiger partial charge in [-0.15, -0.1) is 0 Å². The van der Waals surface area contributed by atoms with Crippen molar-refractivity contribution >= 4 is 27.3 Å². The van der Waals surface area contributed by atoms with Gasteiger partial charge in [-0.3, -0.25) is 0 Å². The van der Waals surface area contributed by atoms with Crippen molar-refractivity contribution in [1.29, 1.82) is 0 Å². The maximum absolute atomic E-state index is 6.04. The van der Waals surface area contributed by atoms with Crippen LogP contribution < -0.4 is 10.6 Å². The monoisotopic (exact) mass is 318 g/mol. The van der Waals surface area contributed by atoms with Crippen molar-refractivity contribution in [2.75, 3.05) is 17.7 Å². The van der Waals surface area contributed by atoms with Crippen molar-refractivity contribution in [3.63, 3.8) is 0 Å². The Bertz CT molecular complexity index is 549. The van der Waals surface area contributed by atoms with Gasteiger partial charge < -0.3 is 10.6 Å². The van der Waals surface area contributed by atoms with Gasteiger partial charge in [-0.25, -0.2) is 0 Å². The number of halogens is 1. The molecule has 0 radical (unpaired) electrons. The zero-order chi connectivity index (χ0) is 13.8. The lowest BCUT2D eigenvalue weighted by Crippen LogP contribution is -2.17. The molecule has 0 fully saturated rings. The van der Waals surface area contributed by atoms with Gasteiger partial charge in [0.25, 0.3) is 0 Å². The minimum atomic E-state index is 0.810. The molecule has 0 saturated carbocycles. The van der Waals surface area contributed by atoms with Crippen molar-refractivity contribution in [3.8, 4) is 0 Å². The first-order valence-electron chi connectivity index (χ1n) is 6.44. The third-order valence-electron chi connectivity index (χ3n) is 3.30. The quantitative estimate of drug-likeness (QED) is 0.855. The molecule has 0 amide bonds. The fourth-order valence-electron chi connectivity index (χ4n) is 2.04. The number of nitrogens with two attached hydrogens (primary N) is 1. The first-order valence-corrected chi connectivity index (χ1v) is 7.23. The fourth-order valence-corrected chi connectivity index (χ4v) is 2.42. The zero-order valence-corrected chi connectivity index (χ0v) is 12.9. The molecule has 2 nitrogen and oxygen atoms in total. The molecule has 2 aromatic carbocycles. The Kier molecular flexibility index (Phi) is 4.48. The van der Waals surface area contributed by atoms with Crippen molar-refractivity contribution in [1.82, 2.24) is 0 Å². The molecule has 0 unspecified atom stereocenters. The number of nitrogens with zero attached hydrogens (tertiary/aromatic N) is 1. The molecule has 0 heterocycles. The summed E-state index contributed by atoms with van der Waals surface area (Å²) in [5.41, 5.74) is 10.6. The van der Waals surface area contributed by atoms with E-state index in [9.17, 15) is 0 Å². The third-order valence-corrected chi connectivity index (χ3v) is 3.79. The second-order valence-electron chi connectivity index (χ2n) is 4.72. The predicted octanol–water partition coefficient (Wildman–Crippen LogP) is 4.23. The van der Waals surface area contributed by atoms with Gasteiger partial charge in [-0.05, 0) is 41.8 Å². The predicted molar refractivity (Wildman–Crippen MR) is 86.5 cm³/mol. The number of rotatable bonds is 4. The van der Waals surface area contributed by atoms with Gasteiger partial charge in [0, 0.05) is 29.4 Å². The highest BCUT2D eigenvalue weighted by atomic mass is 79.9. The maximum Gasteiger partial charge on any atom is 0.0446 e. The van der Waals surface area contributed by atoms with Crippen LogP contribution in [0.4, 0.5) is 11.4 Å². The summed E-state index contributed by atoms with van der Waals surface area (Å²) < 4.78 is 1.02. The molecule has 3 heteroatoms. The van der Waals surface area contributed by atoms with E-state index < -0.39 is 0 Å². The second kappa shape index (κ2) is 6.11. The van der Waals surface area contributed by atoms with Crippen molar-refractivity contribution in [2.45, 2.75) is 19.9 Å². The van der Waals surface area contributed by atoms with Crippen LogP contribution in [-0.4, -0.2) is 7.05 Å². The fraction of sp³-hybridized carbons (Fsp3) is 0.250. The van der Waals surface area contributed by atoms with Crippen LogP contribution in [0.15, 0.2) is 46.9 Å². The molecule has 0 aromatic heterocycles. The summed E-state index contributed by atoms with van der Waals surface area (Å²) in [6.07, 6.45) is 1.07. The van der Waals surface area contributed by atoms with E-state index in [1.807, 2.05) is 12.1 Å². The number of aryl methyl sites for hydroxylation is 1. The molecule has 2 N–H and O–H groups in total. The summed E-state index contributed by atoms with van der Waals surface area (Å²) in [5.74, 6) is 0. The average molecular weight is 319 g/mol. The lowest BCUT2D eigenvalue weighted by Gasteiger charge is -2.20. The van der Waals surface area contributed by atoms with E-state index in [1.165, 1.54) is 11.3 Å². The molecule has 100 valence electrons. The Morgan fingerprint density at radius 3 is 2.37 bits per heavy atom. The van der Waals surface area contributed by atoms with Crippen LogP contribution >= 0.6 is 15.9 Å². The summed E-state index contributed by atoms with van der Waals surface area (Å²) in [6, 6.07) is 14.7. The van der Waals surface area contributed by atoms with Crippen LogP contribution in [0.5, 0.6) is 0 Å². The maximum atomic E-state index is 6.04. The van der Waals surface area contributed by atoms with E-state index in [4.69, 9.17) is 5.73 Å². The first-order chi connectivity index (χ1) is 9.10. The van der Waals surface area contributed by atoms with Gasteiger partial charge in [0.1, 0.15) is 0 Å². The zero-order valence-electron chi connectivity index (χ0n) is 11.4. The van der Waals surface area contributed by atoms with Crippen LogP contribution in [0.25, 0.3) is 0 Å². The first kappa shape index (κ1) is 13.9. The topological polar surface area (TPSA) is 29.3 Å². The van der Waals surface area contributed by atoms with Gasteiger partial charge >= 0.3 is 0 Å². The molecule has 0 aliphatic heterocycles. The molecule has 0 bridgehead atoms. The SMILES string of the molecule is CCc1ccc(N(C)Cc2ccc(Br)cc2N)cc1. The summed E-state index contributed by atoms with van der Waals surface area (Å²) in [7, 11) is 2.09.